The summed E-state index contributed by atoms with van der Waals surface area (Å²) in [6.07, 6.45) is 0. The van der Waals surface area contributed by atoms with Gasteiger partial charge < -0.3 is 0 Å². The second-order valence-corrected chi connectivity index (χ2v) is 12.0. The molecule has 0 saturated heterocycles. The van der Waals surface area contributed by atoms with Crippen molar-refractivity contribution in [3.63, 3.8) is 0 Å². The van der Waals surface area contributed by atoms with E-state index in [1.807, 2.05) is 22.7 Å². The molecule has 0 atom stereocenters. The summed E-state index contributed by atoms with van der Waals surface area (Å²) in [5.74, 6) is 0. The van der Waals surface area contributed by atoms with Gasteiger partial charge in [0, 0.05) is 41.1 Å². The maximum Gasteiger partial charge on any atom is 0.0433 e. The number of thiophene rings is 2. The first-order valence-electron chi connectivity index (χ1n) is 12.9. The predicted molar refractivity (Wildman–Crippen MR) is 168 cm³/mol. The van der Waals surface area contributed by atoms with Crippen LogP contribution in [-0.4, -0.2) is 0 Å². The highest BCUT2D eigenvalue weighted by Gasteiger charge is 2.21. The fraction of sp³-hybridized carbons (Fsp3) is 0.0556. The van der Waals surface area contributed by atoms with Crippen molar-refractivity contribution in [1.29, 1.82) is 0 Å². The predicted octanol–water partition coefficient (Wildman–Crippen LogP) is 11.4. The minimum atomic E-state index is 1.27. The topological polar surface area (TPSA) is 0 Å². The van der Waals surface area contributed by atoms with Gasteiger partial charge in [0.25, 0.3) is 0 Å². The molecule has 0 amide bonds. The van der Waals surface area contributed by atoms with Crippen molar-refractivity contribution >= 4 is 42.8 Å². The molecule has 2 aromatic heterocycles. The summed E-state index contributed by atoms with van der Waals surface area (Å²) in [7, 11) is 0. The highest BCUT2D eigenvalue weighted by atomic mass is 32.1. The van der Waals surface area contributed by atoms with Gasteiger partial charge in [0.15, 0.2) is 0 Å². The van der Waals surface area contributed by atoms with E-state index >= 15 is 0 Å². The average Bonchev–Trinajstić information content (AvgIpc) is 3.52. The van der Waals surface area contributed by atoms with E-state index in [9.17, 15) is 0 Å². The Kier molecular flexibility index (Phi) is 5.73. The molecular formula is C36H26S2. The Labute approximate surface area is 231 Å². The maximum atomic E-state index is 2.44. The first-order valence-corrected chi connectivity index (χ1v) is 14.6. The molecule has 0 aliphatic heterocycles. The summed E-state index contributed by atoms with van der Waals surface area (Å²) in [6, 6.07) is 44.5. The molecular weight excluding hydrogens is 497 g/mol. The van der Waals surface area contributed by atoms with Crippen molar-refractivity contribution in [2.45, 2.75) is 13.8 Å². The van der Waals surface area contributed by atoms with E-state index in [-0.39, 0.29) is 0 Å². The van der Waals surface area contributed by atoms with Crippen molar-refractivity contribution in [2.75, 3.05) is 0 Å². The molecule has 0 saturated carbocycles. The number of fused-ring (bicyclic) bond motifs is 2. The number of benzene rings is 5. The number of hydrogen-bond acceptors (Lipinski definition) is 2. The van der Waals surface area contributed by atoms with Crippen LogP contribution in [0.25, 0.3) is 63.3 Å². The van der Waals surface area contributed by atoms with Gasteiger partial charge in [-0.25, -0.2) is 0 Å². The largest absolute Gasteiger partial charge is 0.135 e. The molecule has 0 radical (unpaired) electrons. The Morgan fingerprint density at radius 2 is 0.763 bits per heavy atom. The van der Waals surface area contributed by atoms with Crippen LogP contribution in [0.1, 0.15) is 11.1 Å². The Morgan fingerprint density at radius 3 is 1.13 bits per heavy atom. The van der Waals surface area contributed by atoms with E-state index in [0.717, 1.165) is 0 Å². The van der Waals surface area contributed by atoms with Crippen molar-refractivity contribution < 1.29 is 0 Å². The molecule has 0 spiro atoms. The lowest BCUT2D eigenvalue weighted by molar-refractivity contribution is 1.47. The lowest BCUT2D eigenvalue weighted by Gasteiger charge is -2.07. The van der Waals surface area contributed by atoms with Crippen LogP contribution in [0, 0.1) is 13.8 Å². The molecule has 7 rings (SSSR count). The minimum Gasteiger partial charge on any atom is -0.135 e. The lowest BCUT2D eigenvalue weighted by Crippen LogP contribution is -1.82. The van der Waals surface area contributed by atoms with Crippen molar-refractivity contribution in [3.8, 4) is 43.1 Å². The van der Waals surface area contributed by atoms with Crippen LogP contribution in [0.3, 0.4) is 0 Å². The monoisotopic (exact) mass is 522 g/mol. The van der Waals surface area contributed by atoms with E-state index in [0.29, 0.717) is 0 Å². The number of rotatable bonds is 4. The fourth-order valence-corrected chi connectivity index (χ4v) is 7.79. The fourth-order valence-electron chi connectivity index (χ4n) is 5.29. The smallest absolute Gasteiger partial charge is 0.0433 e. The molecule has 0 bridgehead atoms. The highest BCUT2D eigenvalue weighted by Crippen LogP contribution is 2.50. The number of aryl methyl sites for hydroxylation is 2. The zero-order chi connectivity index (χ0) is 25.6. The minimum absolute atomic E-state index is 1.27. The summed E-state index contributed by atoms with van der Waals surface area (Å²) >= 11 is 3.81. The molecule has 0 unspecified atom stereocenters. The molecule has 0 N–H and O–H groups in total. The van der Waals surface area contributed by atoms with Gasteiger partial charge in [-0.3, -0.25) is 0 Å². The Hall–Kier alpha value is -3.98. The highest BCUT2D eigenvalue weighted by molar-refractivity contribution is 7.24. The lowest BCUT2D eigenvalue weighted by atomic mass is 9.95. The molecule has 0 aliphatic rings. The summed E-state index contributed by atoms with van der Waals surface area (Å²) in [4.78, 5) is 2.67. The Balaban J connectivity index is 1.55. The van der Waals surface area contributed by atoms with Crippen LogP contribution in [0.5, 0.6) is 0 Å². The summed E-state index contributed by atoms with van der Waals surface area (Å²) in [5.41, 5.74) is 10.3. The van der Waals surface area contributed by atoms with Crippen molar-refractivity contribution in [3.05, 3.63) is 132 Å². The van der Waals surface area contributed by atoms with E-state index in [4.69, 9.17) is 0 Å². The molecule has 0 aliphatic carbocycles. The molecule has 2 heterocycles. The number of hydrogen-bond donors (Lipinski definition) is 0. The molecule has 0 nitrogen and oxygen atoms in total. The summed E-state index contributed by atoms with van der Waals surface area (Å²) in [6.45, 7) is 4.31. The van der Waals surface area contributed by atoms with Crippen molar-refractivity contribution in [2.24, 2.45) is 0 Å². The molecule has 7 aromatic rings. The third-order valence-corrected chi connectivity index (χ3v) is 9.65. The summed E-state index contributed by atoms with van der Waals surface area (Å²) < 4.78 is 2.66. The molecule has 38 heavy (non-hydrogen) atoms. The zero-order valence-corrected chi connectivity index (χ0v) is 23.0. The van der Waals surface area contributed by atoms with Crippen LogP contribution in [0.4, 0.5) is 0 Å². The SMILES string of the molecule is Cc1ccc(-c2c(-c3ccccc3)sc3cc4c(-c5ccc(C)cc5)c(-c5ccccc5)sc4cc23)cc1. The average molecular weight is 523 g/mol. The summed E-state index contributed by atoms with van der Waals surface area (Å²) in [5, 5.41) is 2.67. The maximum absolute atomic E-state index is 2.44. The van der Waals surface area contributed by atoms with E-state index in [1.165, 1.54) is 74.4 Å². The third-order valence-electron chi connectivity index (χ3n) is 7.25. The molecule has 0 fully saturated rings. The van der Waals surface area contributed by atoms with Gasteiger partial charge in [0.1, 0.15) is 0 Å². The first kappa shape index (κ1) is 23.2. The van der Waals surface area contributed by atoms with Gasteiger partial charge in [0.2, 0.25) is 0 Å². The van der Waals surface area contributed by atoms with Crippen LogP contribution in [-0.2, 0) is 0 Å². The molecule has 5 aromatic carbocycles. The molecule has 182 valence electrons. The second-order valence-electron chi connectivity index (χ2n) is 9.92. The first-order chi connectivity index (χ1) is 18.7. The molecule has 2 heteroatoms. The normalized spacial score (nSPS) is 11.4. The van der Waals surface area contributed by atoms with Crippen LogP contribution < -0.4 is 0 Å². The van der Waals surface area contributed by atoms with E-state index in [1.54, 1.807) is 0 Å². The zero-order valence-electron chi connectivity index (χ0n) is 21.4. The van der Waals surface area contributed by atoms with Gasteiger partial charge in [-0.1, -0.05) is 120 Å². The van der Waals surface area contributed by atoms with Gasteiger partial charge in [-0.15, -0.1) is 22.7 Å². The second kappa shape index (κ2) is 9.40. The van der Waals surface area contributed by atoms with Gasteiger partial charge in [-0.05, 0) is 48.2 Å². The van der Waals surface area contributed by atoms with Crippen LogP contribution >= 0.6 is 22.7 Å². The van der Waals surface area contributed by atoms with Crippen LogP contribution in [0.15, 0.2) is 121 Å². The quantitative estimate of drug-likeness (QED) is 0.216. The Bertz CT molecular complexity index is 1740. The Morgan fingerprint density at radius 1 is 0.395 bits per heavy atom. The van der Waals surface area contributed by atoms with E-state index < -0.39 is 0 Å². The van der Waals surface area contributed by atoms with E-state index in [2.05, 4.69) is 135 Å². The van der Waals surface area contributed by atoms with Gasteiger partial charge in [0.05, 0.1) is 0 Å². The standard InChI is InChI=1S/C36H26S2/c1-23-13-17-25(18-14-23)33-29-21-32-30(22-31(29)37-35(33)27-9-5-3-6-10-27)34(26-19-15-24(2)16-20-26)36(38-32)28-11-7-4-8-12-28/h3-22H,1-2H3. The van der Waals surface area contributed by atoms with Gasteiger partial charge >= 0.3 is 0 Å². The van der Waals surface area contributed by atoms with Gasteiger partial charge in [-0.2, -0.15) is 0 Å². The third kappa shape index (κ3) is 3.98. The van der Waals surface area contributed by atoms with Crippen LogP contribution in [0.2, 0.25) is 0 Å². The van der Waals surface area contributed by atoms with Crippen molar-refractivity contribution in [1.82, 2.24) is 0 Å².